The third-order valence-corrected chi connectivity index (χ3v) is 2.55. The summed E-state index contributed by atoms with van der Waals surface area (Å²) in [5.41, 5.74) is 0.675. The molecule has 0 saturated carbocycles. The Balaban J connectivity index is 2.79. The Morgan fingerprint density at radius 1 is 1.38 bits per heavy atom. The zero-order chi connectivity index (χ0) is 15.7. The molecule has 1 rings (SSSR count). The molecule has 0 heterocycles. The van der Waals surface area contributed by atoms with Crippen LogP contribution in [0.4, 0.5) is 0 Å². The fourth-order valence-corrected chi connectivity index (χ4v) is 1.65. The van der Waals surface area contributed by atoms with Gasteiger partial charge in [0.1, 0.15) is 23.5 Å². The van der Waals surface area contributed by atoms with E-state index in [1.807, 2.05) is 13.0 Å². The SMILES string of the molecule is CCOc1ccc(/C=C(\C#N)C(=O)O[C@@H](C)COC)cc1. The van der Waals surface area contributed by atoms with Crippen molar-refractivity contribution in [3.8, 4) is 11.8 Å². The summed E-state index contributed by atoms with van der Waals surface area (Å²) in [6.45, 7) is 4.47. The fourth-order valence-electron chi connectivity index (χ4n) is 1.65. The largest absolute Gasteiger partial charge is 0.494 e. The summed E-state index contributed by atoms with van der Waals surface area (Å²) in [4.78, 5) is 11.8. The van der Waals surface area contributed by atoms with Crippen LogP contribution < -0.4 is 4.74 Å². The molecule has 0 aliphatic carbocycles. The minimum Gasteiger partial charge on any atom is -0.494 e. The van der Waals surface area contributed by atoms with Crippen LogP contribution in [0.5, 0.6) is 5.75 Å². The third kappa shape index (κ3) is 5.67. The van der Waals surface area contributed by atoms with Crippen LogP contribution in [0.1, 0.15) is 19.4 Å². The molecule has 1 aromatic rings. The lowest BCUT2D eigenvalue weighted by atomic mass is 10.1. The molecule has 112 valence electrons. The first-order valence-corrected chi connectivity index (χ1v) is 6.65. The summed E-state index contributed by atoms with van der Waals surface area (Å²) >= 11 is 0. The van der Waals surface area contributed by atoms with Gasteiger partial charge in [-0.15, -0.1) is 0 Å². The molecule has 5 nitrogen and oxygen atoms in total. The number of ether oxygens (including phenoxy) is 3. The van der Waals surface area contributed by atoms with Gasteiger partial charge in [0, 0.05) is 7.11 Å². The minimum atomic E-state index is -0.657. The number of methoxy groups -OCH3 is 1. The number of hydrogen-bond acceptors (Lipinski definition) is 5. The number of esters is 1. The molecule has 0 N–H and O–H groups in total. The van der Waals surface area contributed by atoms with Gasteiger partial charge in [-0.2, -0.15) is 5.26 Å². The summed E-state index contributed by atoms with van der Waals surface area (Å²) in [6, 6.07) is 8.96. The highest BCUT2D eigenvalue weighted by Gasteiger charge is 2.14. The number of carbonyl (C=O) groups excluding carboxylic acids is 1. The first-order valence-electron chi connectivity index (χ1n) is 6.65. The Kier molecular flexibility index (Phi) is 6.99. The van der Waals surface area contributed by atoms with Crippen LogP contribution in [0.25, 0.3) is 6.08 Å². The predicted molar refractivity (Wildman–Crippen MR) is 78.6 cm³/mol. The number of hydrogen-bond donors (Lipinski definition) is 0. The lowest BCUT2D eigenvalue weighted by Crippen LogP contribution is -2.20. The number of rotatable bonds is 7. The molecule has 0 amide bonds. The van der Waals surface area contributed by atoms with Crippen molar-refractivity contribution in [2.24, 2.45) is 0 Å². The van der Waals surface area contributed by atoms with Gasteiger partial charge in [0.25, 0.3) is 0 Å². The first kappa shape index (κ1) is 16.7. The van der Waals surface area contributed by atoms with E-state index in [2.05, 4.69) is 0 Å². The number of nitriles is 1. The predicted octanol–water partition coefficient (Wildman–Crippen LogP) is 2.57. The standard InChI is InChI=1S/C16H19NO4/c1-4-20-15-7-5-13(6-8-15)9-14(10-17)16(18)21-12(2)11-19-3/h5-9,12H,4,11H2,1-3H3/b14-9+/t12-/m0/s1. The maximum absolute atomic E-state index is 11.8. The highest BCUT2D eigenvalue weighted by Crippen LogP contribution is 2.15. The van der Waals surface area contributed by atoms with E-state index in [-0.39, 0.29) is 12.2 Å². The van der Waals surface area contributed by atoms with Gasteiger partial charge in [0.2, 0.25) is 0 Å². The van der Waals surface area contributed by atoms with Crippen molar-refractivity contribution in [1.29, 1.82) is 5.26 Å². The minimum absolute atomic E-state index is 0.0536. The molecule has 0 saturated heterocycles. The summed E-state index contributed by atoms with van der Waals surface area (Å²) in [6.07, 6.45) is 1.08. The number of benzene rings is 1. The highest BCUT2D eigenvalue weighted by atomic mass is 16.6. The van der Waals surface area contributed by atoms with E-state index in [4.69, 9.17) is 19.5 Å². The molecule has 1 atom stereocenters. The van der Waals surface area contributed by atoms with Crippen molar-refractivity contribution < 1.29 is 19.0 Å². The van der Waals surface area contributed by atoms with Crippen LogP contribution in [0, 0.1) is 11.3 Å². The first-order chi connectivity index (χ1) is 10.1. The molecule has 0 fully saturated rings. The Labute approximate surface area is 124 Å². The molecule has 0 unspecified atom stereocenters. The lowest BCUT2D eigenvalue weighted by Gasteiger charge is -2.11. The van der Waals surface area contributed by atoms with Crippen molar-refractivity contribution in [1.82, 2.24) is 0 Å². The summed E-state index contributed by atoms with van der Waals surface area (Å²) in [7, 11) is 1.52. The molecule has 0 bridgehead atoms. The zero-order valence-corrected chi connectivity index (χ0v) is 12.5. The van der Waals surface area contributed by atoms with E-state index in [9.17, 15) is 4.79 Å². The van der Waals surface area contributed by atoms with Crippen LogP contribution in [0.2, 0.25) is 0 Å². The average molecular weight is 289 g/mol. The van der Waals surface area contributed by atoms with E-state index in [0.29, 0.717) is 6.61 Å². The molecule has 1 aromatic carbocycles. The van der Waals surface area contributed by atoms with Gasteiger partial charge in [0.15, 0.2) is 0 Å². The Morgan fingerprint density at radius 2 is 2.05 bits per heavy atom. The molecular weight excluding hydrogens is 270 g/mol. The van der Waals surface area contributed by atoms with Gasteiger partial charge in [-0.05, 0) is 37.6 Å². The van der Waals surface area contributed by atoms with E-state index in [1.165, 1.54) is 13.2 Å². The molecule has 0 aliphatic rings. The van der Waals surface area contributed by atoms with Gasteiger partial charge >= 0.3 is 5.97 Å². The van der Waals surface area contributed by atoms with E-state index in [0.717, 1.165) is 11.3 Å². The van der Waals surface area contributed by atoms with Crippen LogP contribution >= 0.6 is 0 Å². The van der Waals surface area contributed by atoms with Gasteiger partial charge in [-0.25, -0.2) is 4.79 Å². The fraction of sp³-hybridized carbons (Fsp3) is 0.375. The van der Waals surface area contributed by atoms with Gasteiger partial charge < -0.3 is 14.2 Å². The van der Waals surface area contributed by atoms with Gasteiger partial charge in [-0.3, -0.25) is 0 Å². The van der Waals surface area contributed by atoms with Crippen molar-refractivity contribution in [3.63, 3.8) is 0 Å². The van der Waals surface area contributed by atoms with E-state index >= 15 is 0 Å². The molecule has 0 radical (unpaired) electrons. The van der Waals surface area contributed by atoms with Gasteiger partial charge in [-0.1, -0.05) is 12.1 Å². The van der Waals surface area contributed by atoms with Gasteiger partial charge in [0.05, 0.1) is 13.2 Å². The summed E-state index contributed by atoms with van der Waals surface area (Å²) in [5, 5.41) is 9.06. The van der Waals surface area contributed by atoms with Crippen molar-refractivity contribution >= 4 is 12.0 Å². The Morgan fingerprint density at radius 3 is 2.57 bits per heavy atom. The molecule has 0 aromatic heterocycles. The molecule has 0 aliphatic heterocycles. The molecule has 21 heavy (non-hydrogen) atoms. The van der Waals surface area contributed by atoms with Crippen molar-refractivity contribution in [2.75, 3.05) is 20.3 Å². The van der Waals surface area contributed by atoms with Crippen molar-refractivity contribution in [3.05, 3.63) is 35.4 Å². The van der Waals surface area contributed by atoms with Crippen molar-refractivity contribution in [2.45, 2.75) is 20.0 Å². The normalized spacial score (nSPS) is 12.4. The average Bonchev–Trinajstić information content (AvgIpc) is 2.46. The third-order valence-electron chi connectivity index (χ3n) is 2.55. The summed E-state index contributed by atoms with van der Waals surface area (Å²) in [5.74, 6) is 0.0837. The molecular formula is C16H19NO4. The second-order valence-electron chi connectivity index (χ2n) is 4.34. The topological polar surface area (TPSA) is 68.5 Å². The van der Waals surface area contributed by atoms with Crippen LogP contribution in [0.3, 0.4) is 0 Å². The van der Waals surface area contributed by atoms with Crippen LogP contribution in [-0.2, 0) is 14.3 Å². The van der Waals surface area contributed by atoms with E-state index in [1.54, 1.807) is 31.2 Å². The second-order valence-corrected chi connectivity index (χ2v) is 4.34. The monoisotopic (exact) mass is 289 g/mol. The maximum atomic E-state index is 11.8. The van der Waals surface area contributed by atoms with Crippen LogP contribution in [0.15, 0.2) is 29.8 Å². The number of carbonyl (C=O) groups is 1. The van der Waals surface area contributed by atoms with Crippen LogP contribution in [-0.4, -0.2) is 32.4 Å². The quantitative estimate of drug-likeness (QED) is 0.438. The lowest BCUT2D eigenvalue weighted by molar-refractivity contribution is -0.145. The number of nitrogens with zero attached hydrogens (tertiary/aromatic N) is 1. The summed E-state index contributed by atoms with van der Waals surface area (Å²) < 4.78 is 15.3. The highest BCUT2D eigenvalue weighted by molar-refractivity contribution is 5.97. The maximum Gasteiger partial charge on any atom is 0.349 e. The Bertz CT molecular complexity index is 528. The Hall–Kier alpha value is -2.32. The molecule has 0 spiro atoms. The van der Waals surface area contributed by atoms with E-state index < -0.39 is 12.1 Å². The zero-order valence-electron chi connectivity index (χ0n) is 12.5. The second kappa shape index (κ2) is 8.77. The smallest absolute Gasteiger partial charge is 0.349 e. The molecule has 5 heteroatoms.